The van der Waals surface area contributed by atoms with Crippen LogP contribution in [0, 0.1) is 5.53 Å². The number of nitrogens with zero attached hydrogens (tertiary/aromatic N) is 1. The van der Waals surface area contributed by atoms with Gasteiger partial charge in [-0.3, -0.25) is 0 Å². The highest BCUT2D eigenvalue weighted by Gasteiger charge is 2.04. The molecule has 0 saturated heterocycles. The van der Waals surface area contributed by atoms with Crippen LogP contribution in [0.5, 0.6) is 0 Å². The summed E-state index contributed by atoms with van der Waals surface area (Å²) in [5.41, 5.74) is 17.6. The molecule has 0 radical (unpaired) electrons. The lowest BCUT2D eigenvalue weighted by molar-refractivity contribution is 0.499. The van der Waals surface area contributed by atoms with Gasteiger partial charge in [-0.25, -0.2) is 5.53 Å². The Morgan fingerprint density at radius 1 is 1.00 bits per heavy atom. The second-order valence-corrected chi connectivity index (χ2v) is 3.00. The molecule has 0 aliphatic carbocycles. The second kappa shape index (κ2) is 8.62. The van der Waals surface area contributed by atoms with Crippen molar-refractivity contribution in [3.05, 3.63) is 0 Å². The Labute approximate surface area is 74.2 Å². The summed E-state index contributed by atoms with van der Waals surface area (Å²) in [4.78, 5) is 0. The third-order valence-electron chi connectivity index (χ3n) is 1.92. The molecule has 0 heterocycles. The van der Waals surface area contributed by atoms with Crippen LogP contribution in [0.2, 0.25) is 0 Å². The number of nitrogens with one attached hydrogen (secondary N) is 1. The maximum Gasteiger partial charge on any atom is 0.0706 e. The van der Waals surface area contributed by atoms with Crippen molar-refractivity contribution in [3.63, 3.8) is 0 Å². The van der Waals surface area contributed by atoms with E-state index >= 15 is 0 Å². The second-order valence-electron chi connectivity index (χ2n) is 3.00. The molecule has 0 aliphatic heterocycles. The molecule has 4 heteroatoms. The monoisotopic (exact) mass is 172 g/mol. The van der Waals surface area contributed by atoms with E-state index in [-0.39, 0.29) is 6.04 Å². The fourth-order valence-corrected chi connectivity index (χ4v) is 1.15. The Balaban J connectivity index is 3.32. The first kappa shape index (κ1) is 11.5. The number of nitrogens with two attached hydrogens (primary N) is 2. The predicted octanol–water partition coefficient (Wildman–Crippen LogP) is 1.25. The first-order valence-corrected chi connectivity index (χ1v) is 4.61. The SMILES string of the molecule is N=NC(CCCN)CCCCN. The highest BCUT2D eigenvalue weighted by Crippen LogP contribution is 2.09. The molecular formula is C8H20N4. The van der Waals surface area contributed by atoms with Gasteiger partial charge in [0.1, 0.15) is 0 Å². The van der Waals surface area contributed by atoms with Gasteiger partial charge in [-0.15, -0.1) is 0 Å². The number of hydrogen-bond acceptors (Lipinski definition) is 4. The average Bonchev–Trinajstić information content (AvgIpc) is 2.11. The standard InChI is InChI=1S/C8H20N4/c9-6-2-1-4-8(12-11)5-3-7-10/h8,11H,1-7,9-10H2. The van der Waals surface area contributed by atoms with Crippen LogP contribution in [-0.4, -0.2) is 19.1 Å². The van der Waals surface area contributed by atoms with Gasteiger partial charge in [-0.05, 0) is 38.8 Å². The molecule has 1 unspecified atom stereocenters. The largest absolute Gasteiger partial charge is 0.330 e. The van der Waals surface area contributed by atoms with E-state index in [0.29, 0.717) is 6.54 Å². The lowest BCUT2D eigenvalue weighted by atomic mass is 10.1. The van der Waals surface area contributed by atoms with Crippen LogP contribution in [0.3, 0.4) is 0 Å². The lowest BCUT2D eigenvalue weighted by Crippen LogP contribution is -2.09. The summed E-state index contributed by atoms with van der Waals surface area (Å²) in [5, 5.41) is 3.55. The molecule has 0 amide bonds. The van der Waals surface area contributed by atoms with E-state index in [1.165, 1.54) is 0 Å². The average molecular weight is 172 g/mol. The zero-order chi connectivity index (χ0) is 9.23. The Bertz CT molecular complexity index is 105. The first-order chi connectivity index (χ1) is 5.85. The van der Waals surface area contributed by atoms with E-state index in [1.54, 1.807) is 0 Å². The third-order valence-corrected chi connectivity index (χ3v) is 1.92. The van der Waals surface area contributed by atoms with Gasteiger partial charge >= 0.3 is 0 Å². The zero-order valence-electron chi connectivity index (χ0n) is 7.63. The smallest absolute Gasteiger partial charge is 0.0706 e. The minimum absolute atomic E-state index is 0.181. The summed E-state index contributed by atoms with van der Waals surface area (Å²) in [6, 6.07) is 0.181. The summed E-state index contributed by atoms with van der Waals surface area (Å²) in [5.74, 6) is 0. The number of rotatable bonds is 8. The normalized spacial score (nSPS) is 12.8. The fourth-order valence-electron chi connectivity index (χ4n) is 1.15. The molecule has 0 saturated carbocycles. The molecular weight excluding hydrogens is 152 g/mol. The Kier molecular flexibility index (Phi) is 8.27. The molecule has 0 spiro atoms. The highest BCUT2D eigenvalue weighted by molar-refractivity contribution is 4.63. The van der Waals surface area contributed by atoms with E-state index in [2.05, 4.69) is 5.11 Å². The van der Waals surface area contributed by atoms with E-state index in [4.69, 9.17) is 17.0 Å². The van der Waals surface area contributed by atoms with Crippen LogP contribution >= 0.6 is 0 Å². The first-order valence-electron chi connectivity index (χ1n) is 4.61. The number of hydrogen-bond donors (Lipinski definition) is 3. The third kappa shape index (κ3) is 6.24. The van der Waals surface area contributed by atoms with Gasteiger partial charge in [0.2, 0.25) is 0 Å². The van der Waals surface area contributed by atoms with Crippen LogP contribution in [0.15, 0.2) is 5.11 Å². The van der Waals surface area contributed by atoms with Gasteiger partial charge < -0.3 is 11.5 Å². The topological polar surface area (TPSA) is 88.2 Å². The van der Waals surface area contributed by atoms with E-state index < -0.39 is 0 Å². The summed E-state index contributed by atoms with van der Waals surface area (Å²) < 4.78 is 0. The molecule has 72 valence electrons. The maximum absolute atomic E-state index is 6.93. The Morgan fingerprint density at radius 2 is 1.58 bits per heavy atom. The van der Waals surface area contributed by atoms with Crippen LogP contribution in [0.4, 0.5) is 0 Å². The van der Waals surface area contributed by atoms with Gasteiger partial charge in [0.25, 0.3) is 0 Å². The van der Waals surface area contributed by atoms with Crippen molar-refractivity contribution in [3.8, 4) is 0 Å². The summed E-state index contributed by atoms with van der Waals surface area (Å²) in [6.45, 7) is 1.44. The van der Waals surface area contributed by atoms with Crippen molar-refractivity contribution in [2.45, 2.75) is 38.1 Å². The van der Waals surface area contributed by atoms with Crippen molar-refractivity contribution in [1.82, 2.24) is 0 Å². The Morgan fingerprint density at radius 3 is 2.08 bits per heavy atom. The fraction of sp³-hybridized carbons (Fsp3) is 1.00. The molecule has 1 atom stereocenters. The van der Waals surface area contributed by atoms with Gasteiger partial charge in [0, 0.05) is 0 Å². The Hall–Kier alpha value is -0.480. The molecule has 4 nitrogen and oxygen atoms in total. The van der Waals surface area contributed by atoms with Gasteiger partial charge in [0.15, 0.2) is 0 Å². The molecule has 0 aromatic carbocycles. The summed E-state index contributed by atoms with van der Waals surface area (Å²) >= 11 is 0. The maximum atomic E-state index is 6.93. The van der Waals surface area contributed by atoms with Crippen molar-refractivity contribution < 1.29 is 0 Å². The van der Waals surface area contributed by atoms with Gasteiger partial charge in [-0.2, -0.15) is 5.11 Å². The summed E-state index contributed by atoms with van der Waals surface area (Å²) in [7, 11) is 0. The quantitative estimate of drug-likeness (QED) is 0.380. The van der Waals surface area contributed by atoms with Crippen LogP contribution in [0.1, 0.15) is 32.1 Å². The molecule has 0 aromatic rings. The number of unbranched alkanes of at least 4 members (excludes halogenated alkanes) is 1. The van der Waals surface area contributed by atoms with Crippen LogP contribution in [0.25, 0.3) is 0 Å². The van der Waals surface area contributed by atoms with Gasteiger partial charge in [0.05, 0.1) is 6.04 Å². The molecule has 5 N–H and O–H groups in total. The molecule has 0 aliphatic rings. The van der Waals surface area contributed by atoms with E-state index in [1.807, 2.05) is 0 Å². The predicted molar refractivity (Wildman–Crippen MR) is 50.1 cm³/mol. The van der Waals surface area contributed by atoms with Gasteiger partial charge in [-0.1, -0.05) is 6.42 Å². The molecule has 0 rings (SSSR count). The molecule has 0 aromatic heterocycles. The molecule has 0 fully saturated rings. The lowest BCUT2D eigenvalue weighted by Gasteiger charge is -2.08. The molecule has 0 bridgehead atoms. The van der Waals surface area contributed by atoms with Crippen molar-refractivity contribution in [2.75, 3.05) is 13.1 Å². The van der Waals surface area contributed by atoms with Crippen molar-refractivity contribution in [2.24, 2.45) is 16.6 Å². The van der Waals surface area contributed by atoms with Crippen molar-refractivity contribution >= 4 is 0 Å². The van der Waals surface area contributed by atoms with Crippen LogP contribution in [-0.2, 0) is 0 Å². The minimum Gasteiger partial charge on any atom is -0.330 e. The van der Waals surface area contributed by atoms with E-state index in [0.717, 1.165) is 38.6 Å². The minimum atomic E-state index is 0.181. The van der Waals surface area contributed by atoms with Crippen molar-refractivity contribution in [1.29, 1.82) is 5.53 Å². The summed E-state index contributed by atoms with van der Waals surface area (Å²) in [6.07, 6.45) is 5.02. The zero-order valence-corrected chi connectivity index (χ0v) is 7.63. The van der Waals surface area contributed by atoms with E-state index in [9.17, 15) is 0 Å². The van der Waals surface area contributed by atoms with Crippen LogP contribution < -0.4 is 11.5 Å². The highest BCUT2D eigenvalue weighted by atomic mass is 15.0. The molecule has 12 heavy (non-hydrogen) atoms.